The highest BCUT2D eigenvalue weighted by molar-refractivity contribution is 5.71. The van der Waals surface area contributed by atoms with Crippen LogP contribution in [0, 0.1) is 0 Å². The van der Waals surface area contributed by atoms with E-state index in [1.165, 1.54) is 0 Å². The number of hydrogen-bond acceptors (Lipinski definition) is 4. The standard InChI is InChI=1S/C12H14O4/c1-14-10-4-3-8(7-11(10)15-2)9-5-6-12(13)16-9/h3-4,7,9H,5-6H2,1-2H3. The average molecular weight is 222 g/mol. The average Bonchev–Trinajstić information content (AvgIpc) is 2.75. The van der Waals surface area contributed by atoms with Crippen molar-refractivity contribution in [3.05, 3.63) is 23.8 Å². The SMILES string of the molecule is COc1ccc(C2CCC(=O)O2)cc1OC. The molecule has 1 saturated heterocycles. The lowest BCUT2D eigenvalue weighted by molar-refractivity contribution is -0.141. The van der Waals surface area contributed by atoms with Gasteiger partial charge in [-0.25, -0.2) is 0 Å². The first-order valence-corrected chi connectivity index (χ1v) is 5.16. The van der Waals surface area contributed by atoms with Crippen LogP contribution < -0.4 is 9.47 Å². The monoisotopic (exact) mass is 222 g/mol. The number of methoxy groups -OCH3 is 2. The van der Waals surface area contributed by atoms with Gasteiger partial charge in [-0.1, -0.05) is 6.07 Å². The zero-order valence-electron chi connectivity index (χ0n) is 9.36. The molecule has 2 rings (SSSR count). The highest BCUT2D eigenvalue weighted by atomic mass is 16.5. The molecule has 0 N–H and O–H groups in total. The summed E-state index contributed by atoms with van der Waals surface area (Å²) in [5.41, 5.74) is 0.948. The lowest BCUT2D eigenvalue weighted by Gasteiger charge is -2.13. The van der Waals surface area contributed by atoms with Crippen molar-refractivity contribution in [2.24, 2.45) is 0 Å². The molecule has 0 saturated carbocycles. The molecule has 4 heteroatoms. The van der Waals surface area contributed by atoms with Crippen molar-refractivity contribution in [2.45, 2.75) is 18.9 Å². The van der Waals surface area contributed by atoms with E-state index in [2.05, 4.69) is 0 Å². The van der Waals surface area contributed by atoms with Gasteiger partial charge in [-0.15, -0.1) is 0 Å². The molecule has 0 bridgehead atoms. The quantitative estimate of drug-likeness (QED) is 0.734. The summed E-state index contributed by atoms with van der Waals surface area (Å²) in [6.07, 6.45) is 1.07. The highest BCUT2D eigenvalue weighted by Crippen LogP contribution is 2.35. The Balaban J connectivity index is 2.25. The number of cyclic esters (lactones) is 1. The first-order valence-electron chi connectivity index (χ1n) is 5.16. The maximum absolute atomic E-state index is 11.0. The maximum Gasteiger partial charge on any atom is 0.306 e. The lowest BCUT2D eigenvalue weighted by atomic mass is 10.1. The zero-order valence-corrected chi connectivity index (χ0v) is 9.36. The Morgan fingerprint density at radius 3 is 2.56 bits per heavy atom. The third-order valence-corrected chi connectivity index (χ3v) is 2.66. The van der Waals surface area contributed by atoms with E-state index in [-0.39, 0.29) is 12.1 Å². The molecule has 1 aliphatic rings. The Hall–Kier alpha value is -1.71. The van der Waals surface area contributed by atoms with Crippen LogP contribution in [0.1, 0.15) is 24.5 Å². The molecule has 1 aromatic carbocycles. The van der Waals surface area contributed by atoms with E-state index < -0.39 is 0 Å². The third-order valence-electron chi connectivity index (χ3n) is 2.66. The number of carbonyl (C=O) groups is 1. The Morgan fingerprint density at radius 1 is 1.25 bits per heavy atom. The van der Waals surface area contributed by atoms with Gasteiger partial charge >= 0.3 is 5.97 Å². The molecule has 1 aliphatic heterocycles. The van der Waals surface area contributed by atoms with Crippen molar-refractivity contribution in [3.8, 4) is 11.5 Å². The number of ether oxygens (including phenoxy) is 3. The molecule has 1 heterocycles. The second-order valence-corrected chi connectivity index (χ2v) is 3.63. The molecule has 86 valence electrons. The summed E-state index contributed by atoms with van der Waals surface area (Å²) in [5.74, 6) is 1.19. The van der Waals surface area contributed by atoms with Gasteiger partial charge in [-0.3, -0.25) is 4.79 Å². The number of rotatable bonds is 3. The Labute approximate surface area is 94.1 Å². The molecule has 1 aromatic rings. The van der Waals surface area contributed by atoms with E-state index in [0.717, 1.165) is 12.0 Å². The molecular weight excluding hydrogens is 208 g/mol. The van der Waals surface area contributed by atoms with Crippen LogP contribution in [0.3, 0.4) is 0 Å². The molecule has 0 spiro atoms. The summed E-state index contributed by atoms with van der Waals surface area (Å²) < 4.78 is 15.5. The molecule has 16 heavy (non-hydrogen) atoms. The van der Waals surface area contributed by atoms with E-state index in [9.17, 15) is 4.79 Å². The molecule has 0 aromatic heterocycles. The first-order chi connectivity index (χ1) is 7.74. The Bertz CT molecular complexity index is 400. The fraction of sp³-hybridized carbons (Fsp3) is 0.417. The first kappa shape index (κ1) is 10.8. The van der Waals surface area contributed by atoms with Gasteiger partial charge in [0.15, 0.2) is 11.5 Å². The van der Waals surface area contributed by atoms with Crippen LogP contribution in [0.4, 0.5) is 0 Å². The maximum atomic E-state index is 11.0. The smallest absolute Gasteiger partial charge is 0.306 e. The minimum absolute atomic E-state index is 0.139. The summed E-state index contributed by atoms with van der Waals surface area (Å²) in [6.45, 7) is 0. The van der Waals surface area contributed by atoms with Gasteiger partial charge in [-0.2, -0.15) is 0 Å². The number of carbonyl (C=O) groups excluding carboxylic acids is 1. The van der Waals surface area contributed by atoms with Crippen LogP contribution in [-0.4, -0.2) is 20.2 Å². The van der Waals surface area contributed by atoms with Gasteiger partial charge in [0, 0.05) is 6.42 Å². The lowest BCUT2D eigenvalue weighted by Crippen LogP contribution is -2.00. The fourth-order valence-electron chi connectivity index (χ4n) is 1.81. The van der Waals surface area contributed by atoms with Crippen LogP contribution in [0.25, 0.3) is 0 Å². The molecule has 1 atom stereocenters. The van der Waals surface area contributed by atoms with Gasteiger partial charge in [0.2, 0.25) is 0 Å². The zero-order chi connectivity index (χ0) is 11.5. The number of hydrogen-bond donors (Lipinski definition) is 0. The summed E-state index contributed by atoms with van der Waals surface area (Å²) in [4.78, 5) is 11.0. The van der Waals surface area contributed by atoms with Crippen LogP contribution >= 0.6 is 0 Å². The second kappa shape index (κ2) is 4.43. The predicted molar refractivity (Wildman–Crippen MR) is 57.6 cm³/mol. The van der Waals surface area contributed by atoms with Crippen molar-refractivity contribution in [3.63, 3.8) is 0 Å². The topological polar surface area (TPSA) is 44.8 Å². The van der Waals surface area contributed by atoms with Gasteiger partial charge in [-0.05, 0) is 24.1 Å². The van der Waals surface area contributed by atoms with Crippen LogP contribution in [0.15, 0.2) is 18.2 Å². The van der Waals surface area contributed by atoms with Gasteiger partial charge < -0.3 is 14.2 Å². The van der Waals surface area contributed by atoms with E-state index in [0.29, 0.717) is 17.9 Å². The van der Waals surface area contributed by atoms with Crippen molar-refractivity contribution < 1.29 is 19.0 Å². The van der Waals surface area contributed by atoms with Crippen LogP contribution in [-0.2, 0) is 9.53 Å². The minimum Gasteiger partial charge on any atom is -0.493 e. The van der Waals surface area contributed by atoms with E-state index in [1.54, 1.807) is 14.2 Å². The Kier molecular flexibility index (Phi) is 2.99. The van der Waals surface area contributed by atoms with Crippen molar-refractivity contribution in [1.29, 1.82) is 0 Å². The summed E-state index contributed by atoms with van der Waals surface area (Å²) in [7, 11) is 3.18. The Morgan fingerprint density at radius 2 is 2.00 bits per heavy atom. The minimum atomic E-state index is -0.146. The summed E-state index contributed by atoms with van der Waals surface area (Å²) >= 11 is 0. The van der Waals surface area contributed by atoms with E-state index in [4.69, 9.17) is 14.2 Å². The molecule has 1 fully saturated rings. The van der Waals surface area contributed by atoms with Crippen molar-refractivity contribution >= 4 is 5.97 Å². The van der Waals surface area contributed by atoms with Gasteiger partial charge in [0.25, 0.3) is 0 Å². The van der Waals surface area contributed by atoms with E-state index in [1.807, 2.05) is 18.2 Å². The number of benzene rings is 1. The fourth-order valence-corrected chi connectivity index (χ4v) is 1.81. The van der Waals surface area contributed by atoms with Gasteiger partial charge in [0.1, 0.15) is 6.10 Å². The molecule has 0 radical (unpaired) electrons. The summed E-state index contributed by atoms with van der Waals surface area (Å²) in [5, 5.41) is 0. The molecular formula is C12H14O4. The molecule has 4 nitrogen and oxygen atoms in total. The number of esters is 1. The molecule has 0 amide bonds. The van der Waals surface area contributed by atoms with Gasteiger partial charge in [0.05, 0.1) is 14.2 Å². The van der Waals surface area contributed by atoms with Crippen LogP contribution in [0.5, 0.6) is 11.5 Å². The second-order valence-electron chi connectivity index (χ2n) is 3.63. The summed E-state index contributed by atoms with van der Waals surface area (Å²) in [6, 6.07) is 5.56. The largest absolute Gasteiger partial charge is 0.493 e. The highest BCUT2D eigenvalue weighted by Gasteiger charge is 2.25. The van der Waals surface area contributed by atoms with Crippen LogP contribution in [0.2, 0.25) is 0 Å². The van der Waals surface area contributed by atoms with Crippen molar-refractivity contribution in [1.82, 2.24) is 0 Å². The molecule has 1 unspecified atom stereocenters. The molecule has 0 aliphatic carbocycles. The normalized spacial score (nSPS) is 19.4. The van der Waals surface area contributed by atoms with E-state index >= 15 is 0 Å². The predicted octanol–water partition coefficient (Wildman–Crippen LogP) is 2.08. The van der Waals surface area contributed by atoms with Crippen molar-refractivity contribution in [2.75, 3.05) is 14.2 Å². The third kappa shape index (κ3) is 1.96.